The van der Waals surface area contributed by atoms with Crippen LogP contribution in [-0.4, -0.2) is 16.8 Å². The Morgan fingerprint density at radius 2 is 2.36 bits per heavy atom. The van der Waals surface area contributed by atoms with E-state index in [0.717, 1.165) is 12.3 Å². The number of nitrogens with one attached hydrogen (secondary N) is 1. The molecule has 1 aromatic heterocycles. The van der Waals surface area contributed by atoms with Crippen molar-refractivity contribution in [3.63, 3.8) is 0 Å². The van der Waals surface area contributed by atoms with Gasteiger partial charge in [0.05, 0.1) is 0 Å². The van der Waals surface area contributed by atoms with Crippen molar-refractivity contribution >= 4 is 23.1 Å². The van der Waals surface area contributed by atoms with Gasteiger partial charge in [-0.3, -0.25) is 0 Å². The molecule has 0 bridgehead atoms. The van der Waals surface area contributed by atoms with E-state index in [2.05, 4.69) is 31.1 Å². The fourth-order valence-electron chi connectivity index (χ4n) is 0.991. The molecule has 1 rings (SSSR count). The first-order chi connectivity index (χ1) is 6.72. The lowest BCUT2D eigenvalue weighted by molar-refractivity contribution is 0.593. The SMILES string of the molecule is CCSCc1ncc(CNC(C)C)s1. The van der Waals surface area contributed by atoms with E-state index in [1.807, 2.05) is 29.3 Å². The van der Waals surface area contributed by atoms with E-state index in [-0.39, 0.29) is 0 Å². The highest BCUT2D eigenvalue weighted by atomic mass is 32.2. The maximum absolute atomic E-state index is 4.39. The van der Waals surface area contributed by atoms with Crippen molar-refractivity contribution in [2.24, 2.45) is 0 Å². The summed E-state index contributed by atoms with van der Waals surface area (Å²) in [4.78, 5) is 5.73. The van der Waals surface area contributed by atoms with Crippen LogP contribution in [0.5, 0.6) is 0 Å². The molecule has 1 N–H and O–H groups in total. The molecule has 0 saturated heterocycles. The van der Waals surface area contributed by atoms with Gasteiger partial charge >= 0.3 is 0 Å². The van der Waals surface area contributed by atoms with Crippen LogP contribution in [0.4, 0.5) is 0 Å². The molecule has 2 nitrogen and oxygen atoms in total. The molecule has 14 heavy (non-hydrogen) atoms. The van der Waals surface area contributed by atoms with Gasteiger partial charge in [-0.25, -0.2) is 4.98 Å². The normalized spacial score (nSPS) is 11.1. The molecule has 4 heteroatoms. The van der Waals surface area contributed by atoms with Gasteiger partial charge in [0.25, 0.3) is 0 Å². The molecule has 0 amide bonds. The lowest BCUT2D eigenvalue weighted by Gasteiger charge is -2.04. The summed E-state index contributed by atoms with van der Waals surface area (Å²) >= 11 is 3.75. The third-order valence-electron chi connectivity index (χ3n) is 1.72. The van der Waals surface area contributed by atoms with E-state index < -0.39 is 0 Å². The monoisotopic (exact) mass is 230 g/mol. The Bertz CT molecular complexity index is 258. The van der Waals surface area contributed by atoms with Crippen LogP contribution >= 0.6 is 23.1 Å². The summed E-state index contributed by atoms with van der Waals surface area (Å²) in [6.07, 6.45) is 1.99. The zero-order valence-corrected chi connectivity index (χ0v) is 10.7. The fourth-order valence-corrected chi connectivity index (χ4v) is 2.60. The number of thiazole rings is 1. The molecule has 80 valence electrons. The minimum absolute atomic E-state index is 0.547. The molecule has 1 aromatic rings. The van der Waals surface area contributed by atoms with E-state index in [1.54, 1.807) is 0 Å². The van der Waals surface area contributed by atoms with Crippen LogP contribution < -0.4 is 5.32 Å². The second-order valence-electron chi connectivity index (χ2n) is 3.39. The topological polar surface area (TPSA) is 24.9 Å². The number of hydrogen-bond donors (Lipinski definition) is 1. The van der Waals surface area contributed by atoms with Gasteiger partial charge in [0.1, 0.15) is 5.01 Å². The zero-order chi connectivity index (χ0) is 10.4. The zero-order valence-electron chi connectivity index (χ0n) is 9.04. The fraction of sp³-hybridized carbons (Fsp3) is 0.700. The first-order valence-corrected chi connectivity index (χ1v) is 6.94. The van der Waals surface area contributed by atoms with Crippen LogP contribution in [0.25, 0.3) is 0 Å². The summed E-state index contributed by atoms with van der Waals surface area (Å²) in [7, 11) is 0. The van der Waals surface area contributed by atoms with Gasteiger partial charge in [0.2, 0.25) is 0 Å². The lowest BCUT2D eigenvalue weighted by atomic mass is 10.4. The Morgan fingerprint density at radius 3 is 3.00 bits per heavy atom. The lowest BCUT2D eigenvalue weighted by Crippen LogP contribution is -2.21. The number of aromatic nitrogens is 1. The van der Waals surface area contributed by atoms with E-state index >= 15 is 0 Å². The van der Waals surface area contributed by atoms with Crippen LogP contribution in [0.3, 0.4) is 0 Å². The molecule has 0 spiro atoms. The van der Waals surface area contributed by atoms with E-state index in [9.17, 15) is 0 Å². The molecule has 0 fully saturated rings. The number of hydrogen-bond acceptors (Lipinski definition) is 4. The van der Waals surface area contributed by atoms with Gasteiger partial charge < -0.3 is 5.32 Å². The predicted molar refractivity (Wildman–Crippen MR) is 65.9 cm³/mol. The largest absolute Gasteiger partial charge is 0.310 e. The van der Waals surface area contributed by atoms with Crippen molar-refractivity contribution in [1.82, 2.24) is 10.3 Å². The molecule has 0 aliphatic heterocycles. The molecule has 0 aliphatic carbocycles. The summed E-state index contributed by atoms with van der Waals surface area (Å²) in [5, 5.41) is 4.64. The summed E-state index contributed by atoms with van der Waals surface area (Å²) in [6, 6.07) is 0.547. The maximum Gasteiger partial charge on any atom is 0.103 e. The van der Waals surface area contributed by atoms with Gasteiger partial charge in [-0.15, -0.1) is 11.3 Å². The summed E-state index contributed by atoms with van der Waals surface area (Å²) in [5.74, 6) is 2.22. The van der Waals surface area contributed by atoms with Gasteiger partial charge in [-0.2, -0.15) is 11.8 Å². The highest BCUT2D eigenvalue weighted by Crippen LogP contribution is 2.18. The summed E-state index contributed by atoms with van der Waals surface area (Å²) in [5.41, 5.74) is 0. The van der Waals surface area contributed by atoms with Crippen molar-refractivity contribution in [1.29, 1.82) is 0 Å². The molecule has 1 heterocycles. The van der Waals surface area contributed by atoms with E-state index in [1.165, 1.54) is 15.6 Å². The molecule has 0 saturated carbocycles. The average Bonchev–Trinajstić information content (AvgIpc) is 2.59. The highest BCUT2D eigenvalue weighted by molar-refractivity contribution is 7.98. The Hall–Kier alpha value is -0.0600. The van der Waals surface area contributed by atoms with Crippen LogP contribution in [-0.2, 0) is 12.3 Å². The van der Waals surface area contributed by atoms with Crippen LogP contribution in [0, 0.1) is 0 Å². The predicted octanol–water partition coefficient (Wildman–Crippen LogP) is 2.89. The van der Waals surface area contributed by atoms with Crippen molar-refractivity contribution in [2.45, 2.75) is 39.1 Å². The van der Waals surface area contributed by atoms with E-state index in [4.69, 9.17) is 0 Å². The molecule has 0 unspecified atom stereocenters. The third kappa shape index (κ3) is 4.44. The van der Waals surface area contributed by atoms with E-state index in [0.29, 0.717) is 6.04 Å². The maximum atomic E-state index is 4.39. The molecular weight excluding hydrogens is 212 g/mol. The van der Waals surface area contributed by atoms with Crippen LogP contribution in [0.2, 0.25) is 0 Å². The summed E-state index contributed by atoms with van der Waals surface area (Å²) in [6.45, 7) is 7.45. The second kappa shape index (κ2) is 6.43. The molecule has 0 aromatic carbocycles. The average molecular weight is 230 g/mol. The minimum Gasteiger partial charge on any atom is -0.310 e. The van der Waals surface area contributed by atoms with Gasteiger partial charge in [0, 0.05) is 29.4 Å². The van der Waals surface area contributed by atoms with Gasteiger partial charge in [-0.05, 0) is 5.75 Å². The Kier molecular flexibility index (Phi) is 5.52. The third-order valence-corrected chi connectivity index (χ3v) is 3.78. The smallest absolute Gasteiger partial charge is 0.103 e. The highest BCUT2D eigenvalue weighted by Gasteiger charge is 2.02. The molecule has 0 radical (unpaired) electrons. The van der Waals surface area contributed by atoms with Crippen molar-refractivity contribution in [3.05, 3.63) is 16.1 Å². The Labute approximate surface area is 94.5 Å². The van der Waals surface area contributed by atoms with Gasteiger partial charge in [-0.1, -0.05) is 20.8 Å². The first kappa shape index (κ1) is 12.0. The van der Waals surface area contributed by atoms with Crippen molar-refractivity contribution in [3.8, 4) is 0 Å². The van der Waals surface area contributed by atoms with Gasteiger partial charge in [0.15, 0.2) is 0 Å². The number of nitrogens with zero attached hydrogens (tertiary/aromatic N) is 1. The first-order valence-electron chi connectivity index (χ1n) is 4.97. The molecular formula is C10H18N2S2. The quantitative estimate of drug-likeness (QED) is 0.813. The Balaban J connectivity index is 2.35. The molecule has 0 aliphatic rings. The Morgan fingerprint density at radius 1 is 1.57 bits per heavy atom. The minimum atomic E-state index is 0.547. The van der Waals surface area contributed by atoms with Crippen molar-refractivity contribution < 1.29 is 0 Å². The van der Waals surface area contributed by atoms with Crippen LogP contribution in [0.1, 0.15) is 30.7 Å². The van der Waals surface area contributed by atoms with Crippen molar-refractivity contribution in [2.75, 3.05) is 5.75 Å². The second-order valence-corrected chi connectivity index (χ2v) is 5.87. The summed E-state index contributed by atoms with van der Waals surface area (Å²) < 4.78 is 0. The number of rotatable bonds is 6. The standard InChI is InChI=1S/C10H18N2S2/c1-4-13-7-10-12-6-9(14-10)5-11-8(2)3/h6,8,11H,4-5,7H2,1-3H3. The number of thioether (sulfide) groups is 1. The van der Waals surface area contributed by atoms with Crippen LogP contribution in [0.15, 0.2) is 6.20 Å². The molecule has 0 atom stereocenters.